The van der Waals surface area contributed by atoms with E-state index in [9.17, 15) is 4.79 Å². The van der Waals surface area contributed by atoms with Gasteiger partial charge in [0.1, 0.15) is 0 Å². The molecule has 0 aromatic heterocycles. The number of aryl methyl sites for hydroxylation is 2. The fourth-order valence-electron chi connectivity index (χ4n) is 2.52. The van der Waals surface area contributed by atoms with Crippen molar-refractivity contribution in [1.82, 2.24) is 10.2 Å². The van der Waals surface area contributed by atoms with Crippen molar-refractivity contribution < 1.29 is 4.79 Å². The van der Waals surface area contributed by atoms with Gasteiger partial charge in [-0.05, 0) is 43.0 Å². The monoisotopic (exact) mass is 330 g/mol. The summed E-state index contributed by atoms with van der Waals surface area (Å²) in [5, 5.41) is 3.64. The van der Waals surface area contributed by atoms with Crippen LogP contribution in [-0.4, -0.2) is 24.5 Å². The van der Waals surface area contributed by atoms with Gasteiger partial charge in [0, 0.05) is 25.2 Å². The van der Waals surface area contributed by atoms with Gasteiger partial charge < -0.3 is 10.2 Å². The second kappa shape index (κ2) is 8.02. The van der Waals surface area contributed by atoms with Crippen molar-refractivity contribution in [3.63, 3.8) is 0 Å². The molecule has 0 aliphatic rings. The van der Waals surface area contributed by atoms with Crippen LogP contribution in [0.5, 0.6) is 0 Å². The van der Waals surface area contributed by atoms with Gasteiger partial charge >= 0.3 is 6.03 Å². The molecule has 2 rings (SSSR count). The van der Waals surface area contributed by atoms with Gasteiger partial charge in [0.25, 0.3) is 0 Å². The number of rotatable bonds is 5. The average molecular weight is 331 g/mol. The first-order valence-electron chi connectivity index (χ1n) is 7.76. The van der Waals surface area contributed by atoms with Crippen LogP contribution in [-0.2, 0) is 13.0 Å². The summed E-state index contributed by atoms with van der Waals surface area (Å²) in [5.41, 5.74) is 4.74. The summed E-state index contributed by atoms with van der Waals surface area (Å²) in [4.78, 5) is 13.8. The second-order valence-electron chi connectivity index (χ2n) is 5.86. The van der Waals surface area contributed by atoms with Gasteiger partial charge in [-0.2, -0.15) is 0 Å². The molecule has 4 heteroatoms. The summed E-state index contributed by atoms with van der Waals surface area (Å²) in [6.07, 6.45) is 0.831. The van der Waals surface area contributed by atoms with E-state index in [-0.39, 0.29) is 6.03 Å². The van der Waals surface area contributed by atoms with Gasteiger partial charge in [0.05, 0.1) is 0 Å². The first-order chi connectivity index (χ1) is 11.0. The smallest absolute Gasteiger partial charge is 0.317 e. The summed E-state index contributed by atoms with van der Waals surface area (Å²) in [5.74, 6) is 0. The zero-order valence-corrected chi connectivity index (χ0v) is 14.7. The minimum Gasteiger partial charge on any atom is -0.338 e. The maximum absolute atomic E-state index is 12.2. The Morgan fingerprint density at radius 3 is 2.57 bits per heavy atom. The molecule has 0 aliphatic carbocycles. The number of benzene rings is 2. The van der Waals surface area contributed by atoms with Crippen LogP contribution in [0.25, 0.3) is 0 Å². The summed E-state index contributed by atoms with van der Waals surface area (Å²) in [7, 11) is 1.77. The number of amides is 2. The zero-order valence-electron chi connectivity index (χ0n) is 13.9. The van der Waals surface area contributed by atoms with Gasteiger partial charge in [0.15, 0.2) is 0 Å². The third kappa shape index (κ3) is 5.00. The molecule has 0 aliphatic heterocycles. The Hall–Kier alpha value is -2.00. The summed E-state index contributed by atoms with van der Waals surface area (Å²) >= 11 is 6.13. The first kappa shape index (κ1) is 17.4. The topological polar surface area (TPSA) is 32.3 Å². The van der Waals surface area contributed by atoms with Crippen LogP contribution in [0.15, 0.2) is 42.5 Å². The number of carbonyl (C=O) groups excluding carboxylic acids is 1. The van der Waals surface area contributed by atoms with Crippen molar-refractivity contribution in [3.05, 3.63) is 69.7 Å². The van der Waals surface area contributed by atoms with E-state index in [2.05, 4.69) is 37.4 Å². The highest BCUT2D eigenvalue weighted by atomic mass is 35.5. The maximum Gasteiger partial charge on any atom is 0.317 e. The highest BCUT2D eigenvalue weighted by molar-refractivity contribution is 6.31. The summed E-state index contributed by atoms with van der Waals surface area (Å²) < 4.78 is 0. The van der Waals surface area contributed by atoms with E-state index in [1.807, 2.05) is 24.3 Å². The highest BCUT2D eigenvalue weighted by Crippen LogP contribution is 2.16. The molecule has 0 saturated carbocycles. The third-order valence-corrected chi connectivity index (χ3v) is 4.25. The number of hydrogen-bond donors (Lipinski definition) is 1. The molecule has 0 radical (unpaired) electrons. The molecule has 0 saturated heterocycles. The van der Waals surface area contributed by atoms with Crippen molar-refractivity contribution in [2.45, 2.75) is 26.8 Å². The molecule has 2 amide bonds. The fraction of sp³-hybridized carbons (Fsp3) is 0.316. The van der Waals surface area contributed by atoms with Crippen LogP contribution in [0.2, 0.25) is 5.02 Å². The van der Waals surface area contributed by atoms with Crippen molar-refractivity contribution in [1.29, 1.82) is 0 Å². The van der Waals surface area contributed by atoms with E-state index < -0.39 is 0 Å². The number of carbonyl (C=O) groups is 1. The summed E-state index contributed by atoms with van der Waals surface area (Å²) in [6, 6.07) is 13.9. The minimum atomic E-state index is -0.0883. The van der Waals surface area contributed by atoms with Crippen molar-refractivity contribution in [2.24, 2.45) is 0 Å². The van der Waals surface area contributed by atoms with Crippen LogP contribution in [0, 0.1) is 13.8 Å². The molecular formula is C19H23ClN2O. The van der Waals surface area contributed by atoms with E-state index in [4.69, 9.17) is 11.6 Å². The van der Waals surface area contributed by atoms with Gasteiger partial charge in [0.2, 0.25) is 0 Å². The highest BCUT2D eigenvalue weighted by Gasteiger charge is 2.10. The normalized spacial score (nSPS) is 10.4. The van der Waals surface area contributed by atoms with Crippen LogP contribution in [0.3, 0.4) is 0 Å². The number of nitrogens with zero attached hydrogens (tertiary/aromatic N) is 1. The lowest BCUT2D eigenvalue weighted by Crippen LogP contribution is -2.37. The molecule has 122 valence electrons. The fourth-order valence-corrected chi connectivity index (χ4v) is 2.71. The Balaban J connectivity index is 1.83. The number of urea groups is 1. The van der Waals surface area contributed by atoms with E-state index in [0.717, 1.165) is 12.0 Å². The van der Waals surface area contributed by atoms with Crippen LogP contribution < -0.4 is 5.32 Å². The van der Waals surface area contributed by atoms with Crippen molar-refractivity contribution >= 4 is 17.6 Å². The van der Waals surface area contributed by atoms with Crippen LogP contribution >= 0.6 is 11.6 Å². The molecule has 2 aromatic carbocycles. The Labute approximate surface area is 143 Å². The van der Waals surface area contributed by atoms with Crippen molar-refractivity contribution in [3.8, 4) is 0 Å². The molecular weight excluding hydrogens is 308 g/mol. The quantitative estimate of drug-likeness (QED) is 0.869. The second-order valence-corrected chi connectivity index (χ2v) is 6.27. The Morgan fingerprint density at radius 2 is 1.87 bits per heavy atom. The molecule has 2 aromatic rings. The van der Waals surface area contributed by atoms with Crippen LogP contribution in [0.4, 0.5) is 4.79 Å². The molecule has 0 heterocycles. The lowest BCUT2D eigenvalue weighted by Gasteiger charge is -2.19. The van der Waals surface area contributed by atoms with E-state index in [1.165, 1.54) is 16.7 Å². The molecule has 0 bridgehead atoms. The standard InChI is InChI=1S/C19H23ClN2O/c1-14-8-9-16(15(2)12-14)10-11-21-19(23)22(3)13-17-6-4-5-7-18(17)20/h4-9,12H,10-11,13H2,1-3H3,(H,21,23). The lowest BCUT2D eigenvalue weighted by molar-refractivity contribution is 0.207. The maximum atomic E-state index is 12.2. The molecule has 0 spiro atoms. The molecule has 1 N–H and O–H groups in total. The van der Waals surface area contributed by atoms with Crippen molar-refractivity contribution in [2.75, 3.05) is 13.6 Å². The Kier molecular flexibility index (Phi) is 6.05. The number of halogens is 1. The Morgan fingerprint density at radius 1 is 1.13 bits per heavy atom. The van der Waals surface area contributed by atoms with E-state index in [1.54, 1.807) is 11.9 Å². The number of hydrogen-bond acceptors (Lipinski definition) is 1. The van der Waals surface area contributed by atoms with E-state index in [0.29, 0.717) is 18.1 Å². The molecule has 0 atom stereocenters. The lowest BCUT2D eigenvalue weighted by atomic mass is 10.0. The van der Waals surface area contributed by atoms with Gasteiger partial charge in [-0.1, -0.05) is 53.6 Å². The first-order valence-corrected chi connectivity index (χ1v) is 8.13. The van der Waals surface area contributed by atoms with E-state index >= 15 is 0 Å². The zero-order chi connectivity index (χ0) is 16.8. The minimum absolute atomic E-state index is 0.0883. The third-order valence-electron chi connectivity index (χ3n) is 3.88. The predicted molar refractivity (Wildman–Crippen MR) is 95.9 cm³/mol. The predicted octanol–water partition coefficient (Wildman–Crippen LogP) is 4.34. The largest absolute Gasteiger partial charge is 0.338 e. The van der Waals surface area contributed by atoms with Gasteiger partial charge in [-0.3, -0.25) is 0 Å². The average Bonchev–Trinajstić information content (AvgIpc) is 2.51. The number of nitrogens with one attached hydrogen (secondary N) is 1. The molecule has 3 nitrogen and oxygen atoms in total. The molecule has 23 heavy (non-hydrogen) atoms. The van der Waals surface area contributed by atoms with Gasteiger partial charge in [-0.25, -0.2) is 4.79 Å². The Bertz CT molecular complexity index is 685. The SMILES string of the molecule is Cc1ccc(CCNC(=O)N(C)Cc2ccccc2Cl)c(C)c1. The van der Waals surface area contributed by atoms with Gasteiger partial charge in [-0.15, -0.1) is 0 Å². The van der Waals surface area contributed by atoms with Crippen LogP contribution in [0.1, 0.15) is 22.3 Å². The summed E-state index contributed by atoms with van der Waals surface area (Å²) in [6.45, 7) is 5.31. The molecule has 0 fully saturated rings. The molecule has 0 unspecified atom stereocenters.